The van der Waals surface area contributed by atoms with Crippen molar-refractivity contribution in [2.45, 2.75) is 34.2 Å². The smallest absolute Gasteiger partial charge is 0.267 e. The van der Waals surface area contributed by atoms with Crippen molar-refractivity contribution in [3.8, 4) is 11.1 Å². The van der Waals surface area contributed by atoms with Crippen molar-refractivity contribution in [2.75, 3.05) is 0 Å². The third kappa shape index (κ3) is 2.33. The number of benzene rings is 2. The van der Waals surface area contributed by atoms with Gasteiger partial charge in [0.1, 0.15) is 0 Å². The fourth-order valence-electron chi connectivity index (χ4n) is 3.20. The molecule has 0 N–H and O–H groups in total. The molecular weight excluding hydrogens is 272 g/mol. The van der Waals surface area contributed by atoms with E-state index in [1.165, 1.54) is 26.9 Å². The highest BCUT2D eigenvalue weighted by molar-refractivity contribution is 5.87. The van der Waals surface area contributed by atoms with Crippen LogP contribution in [-0.4, -0.2) is 9.78 Å². The van der Waals surface area contributed by atoms with Gasteiger partial charge in [0.2, 0.25) is 0 Å². The summed E-state index contributed by atoms with van der Waals surface area (Å²) in [6.45, 7) is 8.89. The minimum absolute atomic E-state index is 0.0242. The van der Waals surface area contributed by atoms with Gasteiger partial charge in [-0.3, -0.25) is 4.79 Å². The quantitative estimate of drug-likeness (QED) is 0.715. The van der Waals surface area contributed by atoms with E-state index < -0.39 is 0 Å². The van der Waals surface area contributed by atoms with Crippen molar-refractivity contribution in [3.05, 3.63) is 63.6 Å². The second-order valence-corrected chi connectivity index (χ2v) is 5.84. The molecule has 3 aromatic rings. The predicted octanol–water partition coefficient (Wildman–Crippen LogP) is 4.01. The van der Waals surface area contributed by atoms with E-state index in [2.05, 4.69) is 44.1 Å². The summed E-state index contributed by atoms with van der Waals surface area (Å²) in [5.41, 5.74) is 6.14. The highest BCUT2D eigenvalue weighted by atomic mass is 16.1. The zero-order chi connectivity index (χ0) is 15.9. The lowest BCUT2D eigenvalue weighted by molar-refractivity contribution is 0.623. The average Bonchev–Trinajstić information content (AvgIpc) is 2.46. The molecule has 1 heterocycles. The first-order valence-electron chi connectivity index (χ1n) is 7.59. The van der Waals surface area contributed by atoms with Crippen molar-refractivity contribution < 1.29 is 0 Å². The summed E-state index contributed by atoms with van der Waals surface area (Å²) in [6.07, 6.45) is 1.78. The number of hydrogen-bond acceptors (Lipinski definition) is 2. The Balaban J connectivity index is 2.24. The van der Waals surface area contributed by atoms with Crippen molar-refractivity contribution in [1.29, 1.82) is 0 Å². The van der Waals surface area contributed by atoms with Crippen LogP contribution in [0.15, 0.2) is 41.3 Å². The molecule has 0 fully saturated rings. The summed E-state index contributed by atoms with van der Waals surface area (Å²) >= 11 is 0. The maximum atomic E-state index is 12.3. The van der Waals surface area contributed by atoms with Crippen LogP contribution in [0, 0.1) is 20.8 Å². The highest BCUT2D eigenvalue weighted by Crippen LogP contribution is 2.30. The van der Waals surface area contributed by atoms with E-state index in [9.17, 15) is 4.79 Å². The summed E-state index contributed by atoms with van der Waals surface area (Å²) in [4.78, 5) is 12.3. The molecule has 0 spiro atoms. The molecule has 2 aromatic carbocycles. The largest absolute Gasteiger partial charge is 0.274 e. The average molecular weight is 292 g/mol. The predicted molar refractivity (Wildman–Crippen MR) is 91.3 cm³/mol. The van der Waals surface area contributed by atoms with E-state index in [0.29, 0.717) is 6.54 Å². The Bertz CT molecular complexity index is 899. The van der Waals surface area contributed by atoms with Gasteiger partial charge in [-0.1, -0.05) is 23.8 Å². The molecule has 0 radical (unpaired) electrons. The first-order valence-corrected chi connectivity index (χ1v) is 7.59. The van der Waals surface area contributed by atoms with Crippen molar-refractivity contribution in [1.82, 2.24) is 9.78 Å². The molecule has 0 unspecified atom stereocenters. The van der Waals surface area contributed by atoms with E-state index in [4.69, 9.17) is 0 Å². The van der Waals surface area contributed by atoms with Gasteiger partial charge in [-0.05, 0) is 62.1 Å². The van der Waals surface area contributed by atoms with E-state index in [1.807, 2.05) is 19.1 Å². The normalized spacial score (nSPS) is 11.1. The van der Waals surface area contributed by atoms with Gasteiger partial charge < -0.3 is 0 Å². The summed E-state index contributed by atoms with van der Waals surface area (Å²) in [6, 6.07) is 10.4. The summed E-state index contributed by atoms with van der Waals surface area (Å²) in [5.74, 6) is 0. The molecule has 0 aliphatic rings. The van der Waals surface area contributed by atoms with Crippen molar-refractivity contribution in [3.63, 3.8) is 0 Å². The Hall–Kier alpha value is -2.42. The van der Waals surface area contributed by atoms with Gasteiger partial charge in [0.15, 0.2) is 0 Å². The number of hydrogen-bond donors (Lipinski definition) is 0. The zero-order valence-corrected chi connectivity index (χ0v) is 13.5. The lowest BCUT2D eigenvalue weighted by atomic mass is 9.93. The van der Waals surface area contributed by atoms with Gasteiger partial charge in [0.05, 0.1) is 11.6 Å². The lowest BCUT2D eigenvalue weighted by Gasteiger charge is -2.12. The monoisotopic (exact) mass is 292 g/mol. The van der Waals surface area contributed by atoms with Crippen LogP contribution in [0.1, 0.15) is 23.6 Å². The number of aryl methyl sites for hydroxylation is 4. The van der Waals surface area contributed by atoms with Crippen LogP contribution in [0.3, 0.4) is 0 Å². The molecule has 0 amide bonds. The Kier molecular flexibility index (Phi) is 3.57. The number of nitrogens with zero attached hydrogens (tertiary/aromatic N) is 2. The van der Waals surface area contributed by atoms with Gasteiger partial charge in [-0.15, -0.1) is 0 Å². The van der Waals surface area contributed by atoms with Gasteiger partial charge in [0.25, 0.3) is 5.56 Å². The molecule has 0 atom stereocenters. The minimum atomic E-state index is -0.0242. The Morgan fingerprint density at radius 2 is 1.73 bits per heavy atom. The second-order valence-electron chi connectivity index (χ2n) is 5.84. The van der Waals surface area contributed by atoms with Gasteiger partial charge in [0, 0.05) is 11.9 Å². The second kappa shape index (κ2) is 5.41. The topological polar surface area (TPSA) is 34.9 Å². The van der Waals surface area contributed by atoms with Crippen LogP contribution >= 0.6 is 0 Å². The third-order valence-corrected chi connectivity index (χ3v) is 4.12. The molecule has 0 aliphatic carbocycles. The molecule has 112 valence electrons. The molecule has 22 heavy (non-hydrogen) atoms. The Labute approximate surface area is 130 Å². The van der Waals surface area contributed by atoms with Crippen LogP contribution in [0.2, 0.25) is 0 Å². The van der Waals surface area contributed by atoms with E-state index >= 15 is 0 Å². The van der Waals surface area contributed by atoms with Crippen LogP contribution < -0.4 is 5.56 Å². The van der Waals surface area contributed by atoms with Crippen LogP contribution in [-0.2, 0) is 6.54 Å². The van der Waals surface area contributed by atoms with E-state index in [-0.39, 0.29) is 5.56 Å². The number of rotatable bonds is 2. The number of fused-ring (bicyclic) bond motifs is 1. The van der Waals surface area contributed by atoms with Crippen LogP contribution in [0.4, 0.5) is 0 Å². The summed E-state index contributed by atoms with van der Waals surface area (Å²) in [5, 5.41) is 5.84. The standard InChI is InChI=1S/C19H20N2O/c1-5-21-19(22)17-7-6-15(10-16(17)11-20-21)18-13(3)8-12(2)9-14(18)4/h6-11H,5H2,1-4H3. The fraction of sp³-hybridized carbons (Fsp3) is 0.263. The van der Waals surface area contributed by atoms with E-state index in [1.54, 1.807) is 6.20 Å². The highest BCUT2D eigenvalue weighted by Gasteiger charge is 2.09. The van der Waals surface area contributed by atoms with E-state index in [0.717, 1.165) is 16.3 Å². The van der Waals surface area contributed by atoms with Gasteiger partial charge >= 0.3 is 0 Å². The first kappa shape index (κ1) is 14.5. The van der Waals surface area contributed by atoms with Crippen LogP contribution in [0.5, 0.6) is 0 Å². The molecule has 3 rings (SSSR count). The SMILES string of the molecule is CCn1ncc2cc(-c3c(C)cc(C)cc3C)ccc2c1=O. The molecule has 0 saturated carbocycles. The minimum Gasteiger partial charge on any atom is -0.267 e. The lowest BCUT2D eigenvalue weighted by Crippen LogP contribution is -2.21. The summed E-state index contributed by atoms with van der Waals surface area (Å²) in [7, 11) is 0. The molecule has 1 aromatic heterocycles. The van der Waals surface area contributed by atoms with Gasteiger partial charge in [-0.2, -0.15) is 5.10 Å². The zero-order valence-electron chi connectivity index (χ0n) is 13.5. The van der Waals surface area contributed by atoms with Gasteiger partial charge in [-0.25, -0.2) is 4.68 Å². The van der Waals surface area contributed by atoms with Crippen molar-refractivity contribution in [2.24, 2.45) is 0 Å². The third-order valence-electron chi connectivity index (χ3n) is 4.12. The maximum absolute atomic E-state index is 12.3. The molecule has 0 saturated heterocycles. The number of aromatic nitrogens is 2. The molecule has 3 nitrogen and oxygen atoms in total. The molecular formula is C19H20N2O. The van der Waals surface area contributed by atoms with Crippen molar-refractivity contribution >= 4 is 10.8 Å². The first-order chi connectivity index (χ1) is 10.5. The fourth-order valence-corrected chi connectivity index (χ4v) is 3.20. The molecule has 0 aliphatic heterocycles. The Morgan fingerprint density at radius 3 is 2.36 bits per heavy atom. The van der Waals surface area contributed by atoms with Crippen LogP contribution in [0.25, 0.3) is 21.9 Å². The summed E-state index contributed by atoms with van der Waals surface area (Å²) < 4.78 is 1.49. The molecule has 3 heteroatoms. The Morgan fingerprint density at radius 1 is 1.05 bits per heavy atom. The molecule has 0 bridgehead atoms. The maximum Gasteiger partial charge on any atom is 0.274 e.